The molecule has 1 aromatic carbocycles. The number of anilines is 1. The average molecular weight is 315 g/mol. The molecule has 22 heavy (non-hydrogen) atoms. The van der Waals surface area contributed by atoms with Gasteiger partial charge in [-0.2, -0.15) is 13.2 Å². The average Bonchev–Trinajstić information content (AvgIpc) is 2.73. The van der Waals surface area contributed by atoms with Crippen molar-refractivity contribution in [1.82, 2.24) is 10.3 Å². The quantitative estimate of drug-likeness (QED) is 0.920. The molecule has 0 bridgehead atoms. The number of hydrogen-bond donors (Lipinski definition) is 1. The standard InChI is InChI=1S/C14H16F3N3O2/c1-19-11(7-8-18-13(22)14(15,16)17)9-12(21)20(19)10-5-3-2-4-6-10/h2-6,11H,7-9H2,1H3,(H,18,22). The molecular weight excluding hydrogens is 299 g/mol. The van der Waals surface area contributed by atoms with Crippen molar-refractivity contribution in [3.63, 3.8) is 0 Å². The fraction of sp³-hybridized carbons (Fsp3) is 0.429. The maximum atomic E-state index is 12.1. The highest BCUT2D eigenvalue weighted by atomic mass is 19.4. The van der Waals surface area contributed by atoms with Crippen LogP contribution < -0.4 is 10.3 Å². The molecule has 2 rings (SSSR count). The van der Waals surface area contributed by atoms with Crippen molar-refractivity contribution in [2.24, 2.45) is 0 Å². The van der Waals surface area contributed by atoms with E-state index in [0.29, 0.717) is 5.69 Å². The van der Waals surface area contributed by atoms with E-state index in [2.05, 4.69) is 0 Å². The molecule has 1 atom stereocenters. The number of amides is 2. The Morgan fingerprint density at radius 2 is 1.95 bits per heavy atom. The van der Waals surface area contributed by atoms with Crippen LogP contribution >= 0.6 is 0 Å². The van der Waals surface area contributed by atoms with Crippen molar-refractivity contribution in [3.8, 4) is 0 Å². The summed E-state index contributed by atoms with van der Waals surface area (Å²) < 4.78 is 36.3. The maximum absolute atomic E-state index is 12.1. The minimum absolute atomic E-state index is 0.124. The highest BCUT2D eigenvalue weighted by Crippen LogP contribution is 2.26. The van der Waals surface area contributed by atoms with Gasteiger partial charge in [0.2, 0.25) is 5.91 Å². The van der Waals surface area contributed by atoms with Gasteiger partial charge in [-0.15, -0.1) is 0 Å². The molecule has 0 radical (unpaired) electrons. The van der Waals surface area contributed by atoms with Crippen LogP contribution in [0.3, 0.4) is 0 Å². The molecule has 5 nitrogen and oxygen atoms in total. The molecule has 120 valence electrons. The number of hydrazine groups is 1. The lowest BCUT2D eigenvalue weighted by atomic mass is 10.1. The third-order valence-electron chi connectivity index (χ3n) is 3.51. The number of halogens is 3. The van der Waals surface area contributed by atoms with E-state index >= 15 is 0 Å². The van der Waals surface area contributed by atoms with Crippen LogP contribution in [0.15, 0.2) is 30.3 Å². The molecule has 0 saturated carbocycles. The van der Waals surface area contributed by atoms with Gasteiger partial charge in [-0.3, -0.25) is 9.59 Å². The summed E-state index contributed by atoms with van der Waals surface area (Å²) in [4.78, 5) is 22.8. The van der Waals surface area contributed by atoms with E-state index in [-0.39, 0.29) is 31.3 Å². The van der Waals surface area contributed by atoms with Gasteiger partial charge in [0.15, 0.2) is 0 Å². The molecule has 2 amide bonds. The first-order valence-corrected chi connectivity index (χ1v) is 6.76. The van der Waals surface area contributed by atoms with Gasteiger partial charge in [0, 0.05) is 26.1 Å². The summed E-state index contributed by atoms with van der Waals surface area (Å²) in [5.74, 6) is -2.08. The van der Waals surface area contributed by atoms with Crippen LogP contribution in [-0.4, -0.2) is 42.6 Å². The molecular formula is C14H16F3N3O2. The minimum atomic E-state index is -4.88. The summed E-state index contributed by atoms with van der Waals surface area (Å²) in [6.45, 7) is -0.136. The number of nitrogens with zero attached hydrogens (tertiary/aromatic N) is 2. The number of carbonyl (C=O) groups is 2. The topological polar surface area (TPSA) is 52.7 Å². The highest BCUT2D eigenvalue weighted by molar-refractivity contribution is 5.94. The Labute approximate surface area is 125 Å². The molecule has 8 heteroatoms. The third-order valence-corrected chi connectivity index (χ3v) is 3.51. The number of hydrogen-bond acceptors (Lipinski definition) is 3. The Hall–Kier alpha value is -2.09. The predicted molar refractivity (Wildman–Crippen MR) is 73.8 cm³/mol. The molecule has 1 fully saturated rings. The van der Waals surface area contributed by atoms with Crippen molar-refractivity contribution in [3.05, 3.63) is 30.3 Å². The molecule has 1 saturated heterocycles. The summed E-state index contributed by atoms with van der Waals surface area (Å²) in [6.07, 6.45) is -4.42. The van der Waals surface area contributed by atoms with Crippen molar-refractivity contribution >= 4 is 17.5 Å². The number of carbonyl (C=O) groups excluding carboxylic acids is 2. The summed E-state index contributed by atoms with van der Waals surface area (Å²) in [5.41, 5.74) is 0.705. The molecule has 0 spiro atoms. The van der Waals surface area contributed by atoms with Gasteiger partial charge in [0.25, 0.3) is 0 Å². The van der Waals surface area contributed by atoms with Gasteiger partial charge in [-0.25, -0.2) is 10.0 Å². The maximum Gasteiger partial charge on any atom is 0.471 e. The van der Waals surface area contributed by atoms with E-state index in [4.69, 9.17) is 0 Å². The van der Waals surface area contributed by atoms with Gasteiger partial charge >= 0.3 is 12.1 Å². The monoisotopic (exact) mass is 315 g/mol. The summed E-state index contributed by atoms with van der Waals surface area (Å²) in [5, 5.41) is 5.01. The fourth-order valence-corrected chi connectivity index (χ4v) is 2.40. The Morgan fingerprint density at radius 3 is 2.55 bits per heavy atom. The third kappa shape index (κ3) is 3.56. The van der Waals surface area contributed by atoms with Crippen LogP contribution in [0.5, 0.6) is 0 Å². The van der Waals surface area contributed by atoms with Gasteiger partial charge in [0.1, 0.15) is 0 Å². The Morgan fingerprint density at radius 1 is 1.32 bits per heavy atom. The first kappa shape index (κ1) is 16.3. The summed E-state index contributed by atoms with van der Waals surface area (Å²) in [7, 11) is 1.70. The van der Waals surface area contributed by atoms with Crippen LogP contribution in [0, 0.1) is 0 Å². The van der Waals surface area contributed by atoms with Crippen LogP contribution in [0.25, 0.3) is 0 Å². The number of benzene rings is 1. The van der Waals surface area contributed by atoms with E-state index < -0.39 is 12.1 Å². The van der Waals surface area contributed by atoms with E-state index in [1.165, 1.54) is 5.01 Å². The van der Waals surface area contributed by atoms with Gasteiger partial charge in [0.05, 0.1) is 5.69 Å². The van der Waals surface area contributed by atoms with Gasteiger partial charge in [-0.05, 0) is 18.6 Å². The lowest BCUT2D eigenvalue weighted by Gasteiger charge is -2.28. The van der Waals surface area contributed by atoms with Crippen molar-refractivity contribution in [2.45, 2.75) is 25.1 Å². The zero-order chi connectivity index (χ0) is 16.3. The normalized spacial score (nSPS) is 19.5. The Kier molecular flexibility index (Phi) is 4.70. The first-order valence-electron chi connectivity index (χ1n) is 6.76. The lowest BCUT2D eigenvalue weighted by Crippen LogP contribution is -2.42. The second-order valence-corrected chi connectivity index (χ2v) is 5.02. The summed E-state index contributed by atoms with van der Waals surface area (Å²) in [6, 6.07) is 8.74. The molecule has 1 N–H and O–H groups in total. The molecule has 0 aromatic heterocycles. The van der Waals surface area contributed by atoms with E-state index in [0.717, 1.165) is 0 Å². The SMILES string of the molecule is CN1C(CCNC(=O)C(F)(F)F)CC(=O)N1c1ccccc1. The van der Waals surface area contributed by atoms with Crippen LogP contribution in [0.1, 0.15) is 12.8 Å². The molecule has 1 aromatic rings. The van der Waals surface area contributed by atoms with Crippen LogP contribution in [0.2, 0.25) is 0 Å². The van der Waals surface area contributed by atoms with E-state index in [1.807, 2.05) is 11.4 Å². The zero-order valence-electron chi connectivity index (χ0n) is 11.9. The van der Waals surface area contributed by atoms with Gasteiger partial charge in [-0.1, -0.05) is 18.2 Å². The van der Waals surface area contributed by atoms with E-state index in [1.54, 1.807) is 36.3 Å². The molecule has 1 heterocycles. The van der Waals surface area contributed by atoms with Crippen molar-refractivity contribution in [1.29, 1.82) is 0 Å². The Bertz CT molecular complexity index is 548. The molecule has 1 unspecified atom stereocenters. The molecule has 1 aliphatic heterocycles. The molecule has 1 aliphatic rings. The van der Waals surface area contributed by atoms with E-state index in [9.17, 15) is 22.8 Å². The van der Waals surface area contributed by atoms with Crippen LogP contribution in [-0.2, 0) is 9.59 Å². The minimum Gasteiger partial charge on any atom is -0.348 e. The smallest absolute Gasteiger partial charge is 0.348 e. The zero-order valence-corrected chi connectivity index (χ0v) is 11.9. The number of nitrogens with one attached hydrogen (secondary N) is 1. The van der Waals surface area contributed by atoms with Crippen LogP contribution in [0.4, 0.5) is 18.9 Å². The number of alkyl halides is 3. The fourth-order valence-electron chi connectivity index (χ4n) is 2.40. The largest absolute Gasteiger partial charge is 0.471 e. The van der Waals surface area contributed by atoms with Gasteiger partial charge < -0.3 is 5.32 Å². The second kappa shape index (κ2) is 6.35. The number of para-hydroxylation sites is 1. The second-order valence-electron chi connectivity index (χ2n) is 5.02. The highest BCUT2D eigenvalue weighted by Gasteiger charge is 2.39. The molecule has 0 aliphatic carbocycles. The summed E-state index contributed by atoms with van der Waals surface area (Å²) >= 11 is 0. The lowest BCUT2D eigenvalue weighted by molar-refractivity contribution is -0.173. The Balaban J connectivity index is 1.92. The number of rotatable bonds is 4. The van der Waals surface area contributed by atoms with Crippen molar-refractivity contribution in [2.75, 3.05) is 18.6 Å². The predicted octanol–water partition coefficient (Wildman–Crippen LogP) is 1.71. The first-order chi connectivity index (χ1) is 10.3. The van der Waals surface area contributed by atoms with Crippen molar-refractivity contribution < 1.29 is 22.8 Å².